The minimum atomic E-state index is -0.211. The van der Waals surface area contributed by atoms with Gasteiger partial charge in [0.2, 0.25) is 0 Å². The van der Waals surface area contributed by atoms with Gasteiger partial charge in [-0.25, -0.2) is 0 Å². The molecule has 0 bridgehead atoms. The Labute approximate surface area is 301 Å². The Balaban J connectivity index is 0.000000549. The molecule has 9 unspecified atom stereocenters. The summed E-state index contributed by atoms with van der Waals surface area (Å²) in [6, 6.07) is 0. The third kappa shape index (κ3) is 30.3. The van der Waals surface area contributed by atoms with Crippen LogP contribution in [0.3, 0.4) is 0 Å². The molecule has 0 aromatic rings. The van der Waals surface area contributed by atoms with E-state index in [1.165, 1.54) is 84.0 Å². The van der Waals surface area contributed by atoms with Gasteiger partial charge in [-0.2, -0.15) is 0 Å². The number of esters is 1. The number of rotatable bonds is 10. The highest BCUT2D eigenvalue weighted by atomic mass is 16.6. The number of methoxy groups -OCH3 is 1. The van der Waals surface area contributed by atoms with Crippen LogP contribution in [0.25, 0.3) is 0 Å². The van der Waals surface area contributed by atoms with Crippen molar-refractivity contribution in [2.75, 3.05) is 33.5 Å². The molecule has 9 heteroatoms. The molecule has 2 aliphatic carbocycles. The molecular formula is C40H78O9. The van der Waals surface area contributed by atoms with E-state index in [9.17, 15) is 4.79 Å². The Bertz CT molecular complexity index is 709. The summed E-state index contributed by atoms with van der Waals surface area (Å²) in [4.78, 5) is 9.82. The van der Waals surface area contributed by atoms with Gasteiger partial charge in [0.25, 0.3) is 0 Å². The fourth-order valence-electron chi connectivity index (χ4n) is 5.18. The molecule has 0 aromatic heterocycles. The molecule has 2 saturated carbocycles. The maximum atomic E-state index is 9.82. The predicted octanol–water partition coefficient (Wildman–Crippen LogP) is 8.62. The average molecular weight is 703 g/mol. The van der Waals surface area contributed by atoms with E-state index in [1.807, 2.05) is 6.92 Å². The lowest BCUT2D eigenvalue weighted by molar-refractivity contribution is -0.140. The van der Waals surface area contributed by atoms with Gasteiger partial charge >= 0.3 is 5.97 Å². The van der Waals surface area contributed by atoms with Crippen molar-refractivity contribution in [1.29, 1.82) is 0 Å². The standard InChI is InChI=1S/C7H14O2.2C6H10O.C6H12O.C5H10O2.C4H8O2.C4H10.C2H4/c1-3-4-6(8-2)7-5-9-7;2*1-2-4-6-5(3-1)7-6;1-2-3-4-6-5-7-6;1-2-4(6)5-3-7-5;1-3-6-4(2)5;1-4(2)3;1-2/h6-7H,3-5H2,1-2H3;2*5-6H,1-4H2;6H,2-5H2,1H3;4-6H,2-3H2,1H3;3H2,1-2H3;4H,1-3H3;1-2H2. The van der Waals surface area contributed by atoms with E-state index < -0.39 is 0 Å². The summed E-state index contributed by atoms with van der Waals surface area (Å²) >= 11 is 0. The van der Waals surface area contributed by atoms with Crippen LogP contribution in [0.5, 0.6) is 0 Å². The summed E-state index contributed by atoms with van der Waals surface area (Å²) in [6.07, 6.45) is 22.2. The van der Waals surface area contributed by atoms with Crippen LogP contribution in [-0.2, 0) is 38.0 Å². The summed E-state index contributed by atoms with van der Waals surface area (Å²) in [6.45, 7) is 25.2. The first-order valence-corrected chi connectivity index (χ1v) is 19.6. The molecule has 0 spiro atoms. The Morgan fingerprint density at radius 1 is 0.776 bits per heavy atom. The van der Waals surface area contributed by atoms with Gasteiger partial charge in [-0.05, 0) is 57.8 Å². The first-order chi connectivity index (χ1) is 23.6. The van der Waals surface area contributed by atoms with Crippen molar-refractivity contribution in [3.05, 3.63) is 13.2 Å². The zero-order valence-corrected chi connectivity index (χ0v) is 33.1. The van der Waals surface area contributed by atoms with Crippen LogP contribution in [0, 0.1) is 5.92 Å². The van der Waals surface area contributed by atoms with Crippen molar-refractivity contribution < 1.29 is 43.1 Å². The molecule has 7 fully saturated rings. The number of ether oxygens (including phenoxy) is 7. The molecule has 292 valence electrons. The average Bonchev–Trinajstić information content (AvgIpc) is 3.91. The number of epoxide rings is 5. The van der Waals surface area contributed by atoms with Crippen LogP contribution >= 0.6 is 0 Å². The second-order valence-corrected chi connectivity index (χ2v) is 14.0. The smallest absolute Gasteiger partial charge is 0.302 e. The van der Waals surface area contributed by atoms with Gasteiger partial charge in [0.1, 0.15) is 12.2 Å². The van der Waals surface area contributed by atoms with Crippen molar-refractivity contribution in [3.8, 4) is 0 Å². The zero-order chi connectivity index (χ0) is 37.0. The van der Waals surface area contributed by atoms with Gasteiger partial charge in [-0.1, -0.05) is 86.5 Å². The first-order valence-electron chi connectivity index (χ1n) is 19.6. The molecule has 7 aliphatic rings. The maximum absolute atomic E-state index is 9.82. The molecule has 0 radical (unpaired) electrons. The van der Waals surface area contributed by atoms with E-state index >= 15 is 0 Å². The van der Waals surface area contributed by atoms with Crippen LogP contribution in [0.1, 0.15) is 145 Å². The number of fused-ring (bicyclic) bond motifs is 2. The molecule has 7 rings (SSSR count). The third-order valence-electron chi connectivity index (χ3n) is 8.32. The number of unbranched alkanes of at least 4 members (excludes halogenated alkanes) is 1. The van der Waals surface area contributed by atoms with Crippen molar-refractivity contribution in [3.63, 3.8) is 0 Å². The highest BCUT2D eigenvalue weighted by molar-refractivity contribution is 5.65. The second-order valence-electron chi connectivity index (χ2n) is 14.0. The monoisotopic (exact) mass is 703 g/mol. The Morgan fingerprint density at radius 2 is 1.20 bits per heavy atom. The van der Waals surface area contributed by atoms with Gasteiger partial charge in [0.05, 0.1) is 69.2 Å². The molecule has 0 aromatic carbocycles. The van der Waals surface area contributed by atoms with Crippen molar-refractivity contribution in [2.45, 2.75) is 200 Å². The minimum absolute atomic E-state index is 0.171. The Morgan fingerprint density at radius 3 is 1.41 bits per heavy atom. The van der Waals surface area contributed by atoms with Crippen molar-refractivity contribution in [1.82, 2.24) is 0 Å². The van der Waals surface area contributed by atoms with E-state index in [4.69, 9.17) is 33.5 Å². The quantitative estimate of drug-likeness (QED) is 0.136. The van der Waals surface area contributed by atoms with Crippen LogP contribution in [0.15, 0.2) is 13.2 Å². The van der Waals surface area contributed by atoms with Crippen LogP contribution in [-0.4, -0.2) is 99.5 Å². The fraction of sp³-hybridized carbons (Fsp3) is 0.925. The number of hydrogen-bond acceptors (Lipinski definition) is 9. The van der Waals surface area contributed by atoms with Crippen molar-refractivity contribution >= 4 is 5.97 Å². The molecule has 5 saturated heterocycles. The van der Waals surface area contributed by atoms with E-state index in [0.29, 0.717) is 49.3 Å². The molecule has 5 heterocycles. The SMILES string of the molecule is C1CCC2OC2C1.C1CCC2OC2C1.C=C.CC(C)C.CCC(O)C1CO1.CCCC(OC)C1CO1.CCCCC1CO1.CCOC(C)=O. The number of carbonyl (C=O) groups excluding carboxylic acids is 1. The lowest BCUT2D eigenvalue weighted by Crippen LogP contribution is -2.17. The zero-order valence-electron chi connectivity index (χ0n) is 33.1. The number of hydrogen-bond donors (Lipinski definition) is 1. The third-order valence-corrected chi connectivity index (χ3v) is 8.32. The molecule has 9 atom stereocenters. The molecular weight excluding hydrogens is 624 g/mol. The summed E-state index contributed by atoms with van der Waals surface area (Å²) in [5.74, 6) is 0.623. The molecule has 9 nitrogen and oxygen atoms in total. The van der Waals surface area contributed by atoms with Crippen molar-refractivity contribution in [2.24, 2.45) is 5.92 Å². The van der Waals surface area contributed by atoms with E-state index in [0.717, 1.165) is 38.6 Å². The van der Waals surface area contributed by atoms with Crippen LogP contribution < -0.4 is 0 Å². The van der Waals surface area contributed by atoms with Crippen LogP contribution in [0.4, 0.5) is 0 Å². The maximum Gasteiger partial charge on any atom is 0.302 e. The van der Waals surface area contributed by atoms with E-state index in [1.54, 1.807) is 14.0 Å². The summed E-state index contributed by atoms with van der Waals surface area (Å²) in [7, 11) is 1.75. The lowest BCUT2D eigenvalue weighted by atomic mass is 10.0. The lowest BCUT2D eigenvalue weighted by Gasteiger charge is -2.09. The van der Waals surface area contributed by atoms with Gasteiger partial charge < -0.3 is 38.3 Å². The van der Waals surface area contributed by atoms with Gasteiger partial charge in [-0.3, -0.25) is 4.79 Å². The minimum Gasteiger partial charge on any atom is -0.466 e. The van der Waals surface area contributed by atoms with Crippen LogP contribution in [0.2, 0.25) is 0 Å². The Kier molecular flexibility index (Phi) is 29.9. The Hall–Kier alpha value is -1.07. The highest BCUT2D eigenvalue weighted by Gasteiger charge is 2.40. The van der Waals surface area contributed by atoms with E-state index in [2.05, 4.69) is 52.5 Å². The summed E-state index contributed by atoms with van der Waals surface area (Å²) in [5, 5.41) is 8.87. The molecule has 0 amide bonds. The van der Waals surface area contributed by atoms with E-state index in [-0.39, 0.29) is 18.2 Å². The first kappa shape index (κ1) is 47.9. The fourth-order valence-corrected chi connectivity index (χ4v) is 5.18. The normalized spacial score (nSPS) is 29.2. The summed E-state index contributed by atoms with van der Waals surface area (Å²) in [5.41, 5.74) is 0. The predicted molar refractivity (Wildman–Crippen MR) is 199 cm³/mol. The number of carbonyl (C=O) groups is 1. The van der Waals surface area contributed by atoms with Gasteiger partial charge in [-0.15, -0.1) is 13.2 Å². The molecule has 5 aliphatic heterocycles. The number of aliphatic hydroxyl groups is 1. The summed E-state index contributed by atoms with van der Waals surface area (Å²) < 4.78 is 35.1. The molecule has 49 heavy (non-hydrogen) atoms. The second kappa shape index (κ2) is 30.5. The topological polar surface area (TPSA) is 118 Å². The largest absolute Gasteiger partial charge is 0.466 e. The molecule has 1 N–H and O–H groups in total. The highest BCUT2D eigenvalue weighted by Crippen LogP contribution is 2.36. The number of aliphatic hydroxyl groups excluding tert-OH is 1. The van der Waals surface area contributed by atoms with Gasteiger partial charge in [0, 0.05) is 14.0 Å². The van der Waals surface area contributed by atoms with Gasteiger partial charge in [0.15, 0.2) is 0 Å².